The van der Waals surface area contributed by atoms with Crippen LogP contribution in [0, 0.1) is 0 Å². The average Bonchev–Trinajstić information content (AvgIpc) is 3.38. The fourth-order valence-electron chi connectivity index (χ4n) is 3.82. The van der Waals surface area contributed by atoms with E-state index in [1.807, 2.05) is 6.92 Å². The summed E-state index contributed by atoms with van der Waals surface area (Å²) in [4.78, 5) is 25.0. The minimum atomic E-state index is -4.18. The molecule has 1 aromatic carbocycles. The molecule has 1 aliphatic carbocycles. The molecule has 2 N–H and O–H groups in total. The number of hydrogen-bond donors (Lipinski definition) is 1. The second-order valence-corrected chi connectivity index (χ2v) is 7.64. The minimum Gasteiger partial charge on any atom is -0.424 e. The van der Waals surface area contributed by atoms with E-state index >= 15 is 0 Å². The Balaban J connectivity index is 1.86. The number of carbonyl (C=O) groups excluding carboxylic acids is 2. The first-order valence-electron chi connectivity index (χ1n) is 9.56. The Morgan fingerprint density at radius 1 is 1.28 bits per heavy atom. The molecule has 154 valence electrons. The number of halogens is 2. The quantitative estimate of drug-likeness (QED) is 0.829. The highest BCUT2D eigenvalue weighted by atomic mass is 19.3. The highest BCUT2D eigenvalue weighted by Crippen LogP contribution is 2.45. The molecule has 1 aliphatic heterocycles. The topological polar surface area (TPSA) is 90.4 Å². The van der Waals surface area contributed by atoms with Gasteiger partial charge in [-0.2, -0.15) is 13.9 Å². The molecule has 1 atom stereocenters. The van der Waals surface area contributed by atoms with Crippen LogP contribution in [0.5, 0.6) is 5.75 Å². The fourth-order valence-corrected chi connectivity index (χ4v) is 3.82. The summed E-state index contributed by atoms with van der Waals surface area (Å²) in [6, 6.07) is 3.60. The van der Waals surface area contributed by atoms with Gasteiger partial charge >= 0.3 is 12.0 Å². The summed E-state index contributed by atoms with van der Waals surface area (Å²) in [6.45, 7) is 3.33. The molecule has 2 aromatic rings. The van der Waals surface area contributed by atoms with Gasteiger partial charge in [0.05, 0.1) is 17.9 Å². The molecule has 2 heterocycles. The monoisotopic (exact) mass is 404 g/mol. The summed E-state index contributed by atoms with van der Waals surface area (Å²) in [7, 11) is 0. The maximum Gasteiger partial charge on any atom is 0.482 e. The van der Waals surface area contributed by atoms with Gasteiger partial charge in [-0.1, -0.05) is 0 Å². The normalized spacial score (nSPS) is 19.0. The van der Waals surface area contributed by atoms with E-state index in [2.05, 4.69) is 5.10 Å². The second kappa shape index (κ2) is 6.82. The van der Waals surface area contributed by atoms with Crippen molar-refractivity contribution in [2.24, 2.45) is 5.73 Å². The van der Waals surface area contributed by atoms with Crippen molar-refractivity contribution in [1.82, 2.24) is 9.78 Å². The number of hydrogen-bond acceptors (Lipinski definition) is 4. The standard InChI is InChI=1S/C20H22F2N4O3/c1-11-3-6-16-17(26(11)12(2)27)8-7-15(18(16)29-20(21,22)19(23)28)13-9-24-25(10-13)14-4-5-14/h7-11,14H,3-6H2,1-2H3,(H2,23,28). The molecule has 29 heavy (non-hydrogen) atoms. The molecule has 1 fully saturated rings. The number of carbonyl (C=O) groups is 2. The van der Waals surface area contributed by atoms with Crippen LogP contribution in [0.15, 0.2) is 24.5 Å². The molecule has 0 spiro atoms. The molecular formula is C20H22F2N4O3. The van der Waals surface area contributed by atoms with E-state index in [-0.39, 0.29) is 17.7 Å². The van der Waals surface area contributed by atoms with E-state index in [1.54, 1.807) is 34.1 Å². The predicted octanol–water partition coefficient (Wildman–Crippen LogP) is 3.03. The van der Waals surface area contributed by atoms with Crippen molar-refractivity contribution in [3.05, 3.63) is 30.1 Å². The molecule has 2 amide bonds. The SMILES string of the molecule is CC(=O)N1c2ccc(-c3cnn(C4CC4)c3)c(OC(F)(F)C(N)=O)c2CCC1C. The Hall–Kier alpha value is -2.97. The highest BCUT2D eigenvalue weighted by Gasteiger charge is 2.42. The number of primary amides is 1. The van der Waals surface area contributed by atoms with Crippen LogP contribution in [0.25, 0.3) is 11.1 Å². The van der Waals surface area contributed by atoms with Crippen molar-refractivity contribution in [1.29, 1.82) is 0 Å². The van der Waals surface area contributed by atoms with Crippen LogP contribution in [0.3, 0.4) is 0 Å². The lowest BCUT2D eigenvalue weighted by Crippen LogP contribution is -2.43. The number of alkyl halides is 2. The van der Waals surface area contributed by atoms with Crippen LogP contribution in [0.4, 0.5) is 14.5 Å². The van der Waals surface area contributed by atoms with E-state index < -0.39 is 12.0 Å². The lowest BCUT2D eigenvalue weighted by atomic mass is 9.92. The molecule has 0 saturated heterocycles. The van der Waals surface area contributed by atoms with Crippen LogP contribution in [0.2, 0.25) is 0 Å². The van der Waals surface area contributed by atoms with Gasteiger partial charge in [0.15, 0.2) is 0 Å². The van der Waals surface area contributed by atoms with Crippen molar-refractivity contribution in [3.8, 4) is 16.9 Å². The average molecular weight is 404 g/mol. The third kappa shape index (κ3) is 3.45. The molecule has 1 aromatic heterocycles. The Kier molecular flexibility index (Phi) is 4.55. The molecule has 1 unspecified atom stereocenters. The zero-order valence-electron chi connectivity index (χ0n) is 16.2. The molecule has 0 radical (unpaired) electrons. The maximum absolute atomic E-state index is 14.2. The molecule has 7 nitrogen and oxygen atoms in total. The van der Waals surface area contributed by atoms with Crippen LogP contribution in [-0.2, 0) is 16.0 Å². The molecular weight excluding hydrogens is 382 g/mol. The summed E-state index contributed by atoms with van der Waals surface area (Å²) < 4.78 is 35.1. The Labute approximate surface area is 166 Å². The number of fused-ring (bicyclic) bond motifs is 1. The van der Waals surface area contributed by atoms with Gasteiger partial charge in [0.25, 0.3) is 0 Å². The largest absolute Gasteiger partial charge is 0.482 e. The van der Waals surface area contributed by atoms with Gasteiger partial charge in [0.1, 0.15) is 5.75 Å². The molecule has 2 aliphatic rings. The number of aromatic nitrogens is 2. The van der Waals surface area contributed by atoms with E-state index in [0.717, 1.165) is 12.8 Å². The first-order chi connectivity index (χ1) is 13.7. The minimum absolute atomic E-state index is 0.0760. The first kappa shape index (κ1) is 19.4. The summed E-state index contributed by atoms with van der Waals surface area (Å²) >= 11 is 0. The van der Waals surface area contributed by atoms with Crippen LogP contribution in [0.1, 0.15) is 44.7 Å². The number of nitrogens with zero attached hydrogens (tertiary/aromatic N) is 3. The summed E-state index contributed by atoms with van der Waals surface area (Å²) in [5, 5.41) is 4.31. The zero-order valence-corrected chi connectivity index (χ0v) is 16.2. The molecule has 9 heteroatoms. The lowest BCUT2D eigenvalue weighted by Gasteiger charge is -2.36. The molecule has 1 saturated carbocycles. The van der Waals surface area contributed by atoms with E-state index in [1.165, 1.54) is 6.92 Å². The first-order valence-corrected chi connectivity index (χ1v) is 9.56. The third-order valence-electron chi connectivity index (χ3n) is 5.44. The Morgan fingerprint density at radius 3 is 2.62 bits per heavy atom. The van der Waals surface area contributed by atoms with Gasteiger partial charge in [-0.3, -0.25) is 14.3 Å². The second-order valence-electron chi connectivity index (χ2n) is 7.64. The molecule has 0 bridgehead atoms. The van der Waals surface area contributed by atoms with Crippen molar-refractivity contribution in [2.75, 3.05) is 4.90 Å². The lowest BCUT2D eigenvalue weighted by molar-refractivity contribution is -0.189. The smallest absolute Gasteiger partial charge is 0.424 e. The predicted molar refractivity (Wildman–Crippen MR) is 102 cm³/mol. The Bertz CT molecular complexity index is 984. The van der Waals surface area contributed by atoms with Crippen molar-refractivity contribution in [3.63, 3.8) is 0 Å². The number of ether oxygens (including phenoxy) is 1. The highest BCUT2D eigenvalue weighted by molar-refractivity contribution is 5.95. The summed E-state index contributed by atoms with van der Waals surface area (Å²) in [5.74, 6) is -2.21. The van der Waals surface area contributed by atoms with Crippen molar-refractivity contribution >= 4 is 17.5 Å². The molecule has 4 rings (SSSR count). The number of anilines is 1. The van der Waals surface area contributed by atoms with Gasteiger partial charge in [-0.15, -0.1) is 0 Å². The fraction of sp³-hybridized carbons (Fsp3) is 0.450. The van der Waals surface area contributed by atoms with Crippen molar-refractivity contribution < 1.29 is 23.1 Å². The maximum atomic E-state index is 14.2. The summed E-state index contributed by atoms with van der Waals surface area (Å²) in [6.07, 6.45) is 2.25. The van der Waals surface area contributed by atoms with Gasteiger partial charge < -0.3 is 15.4 Å². The summed E-state index contributed by atoms with van der Waals surface area (Å²) in [5.41, 5.74) is 6.78. The third-order valence-corrected chi connectivity index (χ3v) is 5.44. The Morgan fingerprint density at radius 2 is 2.00 bits per heavy atom. The van der Waals surface area contributed by atoms with Crippen LogP contribution < -0.4 is 15.4 Å². The van der Waals surface area contributed by atoms with Gasteiger partial charge in [0, 0.05) is 35.9 Å². The van der Waals surface area contributed by atoms with E-state index in [4.69, 9.17) is 10.5 Å². The number of nitrogens with two attached hydrogens (primary N) is 1. The number of benzene rings is 1. The van der Waals surface area contributed by atoms with Crippen molar-refractivity contribution in [2.45, 2.75) is 57.7 Å². The van der Waals surface area contributed by atoms with Crippen LogP contribution in [-0.4, -0.2) is 33.7 Å². The van der Waals surface area contributed by atoms with Gasteiger partial charge in [0.2, 0.25) is 5.91 Å². The number of amides is 2. The zero-order chi connectivity index (χ0) is 20.9. The van der Waals surface area contributed by atoms with E-state index in [9.17, 15) is 18.4 Å². The van der Waals surface area contributed by atoms with Crippen LogP contribution >= 0.6 is 0 Å². The van der Waals surface area contributed by atoms with E-state index in [0.29, 0.717) is 41.3 Å². The number of rotatable bonds is 5. The van der Waals surface area contributed by atoms with Gasteiger partial charge in [-0.05, 0) is 44.7 Å². The van der Waals surface area contributed by atoms with Gasteiger partial charge in [-0.25, -0.2) is 0 Å².